The molecule has 0 fully saturated rings. The van der Waals surface area contributed by atoms with Gasteiger partial charge < -0.3 is 21.5 Å². The molecule has 0 spiro atoms. The van der Waals surface area contributed by atoms with Gasteiger partial charge in [0.15, 0.2) is 0 Å². The molecule has 0 unspecified atom stereocenters. The van der Waals surface area contributed by atoms with Crippen LogP contribution < -0.4 is 17.0 Å². The summed E-state index contributed by atoms with van der Waals surface area (Å²) in [5.74, 6) is 0. The van der Waals surface area contributed by atoms with Crippen LogP contribution in [0.15, 0.2) is 0 Å². The van der Waals surface area contributed by atoms with Crippen molar-refractivity contribution in [3.63, 3.8) is 0 Å². The van der Waals surface area contributed by atoms with E-state index in [1.807, 2.05) is 0 Å². The van der Waals surface area contributed by atoms with E-state index in [-0.39, 0.29) is 29.4 Å². The highest BCUT2D eigenvalue weighted by Crippen LogP contribution is 2.20. The number of halogens is 2. The molecule has 0 aliphatic rings. The summed E-state index contributed by atoms with van der Waals surface area (Å²) in [6.07, 6.45) is 34.8. The lowest BCUT2D eigenvalue weighted by Crippen LogP contribution is -3.00. The first kappa shape index (κ1) is 40.2. The predicted molar refractivity (Wildman–Crippen MR) is 160 cm³/mol. The monoisotopic (exact) mass is 581 g/mol. The van der Waals surface area contributed by atoms with Gasteiger partial charge in [0.1, 0.15) is 0 Å². The molecule has 0 aliphatic carbocycles. The van der Waals surface area contributed by atoms with Crippen LogP contribution in [-0.4, -0.2) is 30.7 Å². The van der Waals surface area contributed by atoms with Crippen molar-refractivity contribution in [1.82, 2.24) is 0 Å². The van der Waals surface area contributed by atoms with Crippen molar-refractivity contribution in [3.05, 3.63) is 0 Å². The summed E-state index contributed by atoms with van der Waals surface area (Å²) in [7, 11) is 0. The highest BCUT2D eigenvalue weighted by molar-refractivity contribution is 5.85. The van der Waals surface area contributed by atoms with Crippen LogP contribution in [0.1, 0.15) is 182 Å². The molecule has 0 aromatic heterocycles. The zero-order valence-electron chi connectivity index (χ0n) is 25.0. The fraction of sp³-hybridized carbons (Fsp3) is 1.00. The van der Waals surface area contributed by atoms with E-state index in [9.17, 15) is 0 Å². The second kappa shape index (κ2) is 32.8. The molecule has 0 amide bonds. The Balaban J connectivity index is -0.00000512. The molecular weight excluding hydrogens is 514 g/mol. The van der Waals surface area contributed by atoms with E-state index in [0.29, 0.717) is 0 Å². The van der Waals surface area contributed by atoms with Crippen molar-refractivity contribution in [2.75, 3.05) is 26.2 Å². The molecule has 0 aromatic carbocycles. The van der Waals surface area contributed by atoms with E-state index in [1.165, 1.54) is 185 Å². The van der Waals surface area contributed by atoms with Crippen LogP contribution in [0.4, 0.5) is 0 Å². The largest absolute Gasteiger partial charge is 1.00 e. The van der Waals surface area contributed by atoms with Crippen LogP contribution >= 0.6 is 12.4 Å². The molecule has 0 bridgehead atoms. The molecule has 1 nitrogen and oxygen atoms in total. The van der Waals surface area contributed by atoms with Crippen molar-refractivity contribution >= 4 is 12.4 Å². The number of hydrogen-bond acceptors (Lipinski definition) is 0. The second-order valence-corrected chi connectivity index (χ2v) is 11.3. The van der Waals surface area contributed by atoms with E-state index in [2.05, 4.69) is 27.7 Å². The van der Waals surface area contributed by atoms with Crippen molar-refractivity contribution in [2.45, 2.75) is 182 Å². The molecule has 3 heteroatoms. The molecule has 0 saturated carbocycles. The average Bonchev–Trinajstić information content (AvgIpc) is 2.83. The van der Waals surface area contributed by atoms with Crippen molar-refractivity contribution in [1.29, 1.82) is 0 Å². The predicted octanol–water partition coefficient (Wildman–Crippen LogP) is 8.67. The molecule has 0 atom stereocenters. The number of quaternary nitrogens is 1. The zero-order chi connectivity index (χ0) is 24.3. The summed E-state index contributed by atoms with van der Waals surface area (Å²) in [5, 5.41) is 0. The van der Waals surface area contributed by atoms with Crippen LogP contribution in [0.2, 0.25) is 0 Å². The van der Waals surface area contributed by atoms with Crippen LogP contribution in [0.25, 0.3) is 0 Å². The van der Waals surface area contributed by atoms with Crippen LogP contribution in [0.5, 0.6) is 0 Å². The molecule has 35 heavy (non-hydrogen) atoms. The quantitative estimate of drug-likeness (QED) is 0.0639. The molecule has 0 aromatic rings. The van der Waals surface area contributed by atoms with E-state index < -0.39 is 0 Å². The van der Waals surface area contributed by atoms with Crippen molar-refractivity contribution in [3.8, 4) is 0 Å². The van der Waals surface area contributed by atoms with Gasteiger partial charge in [0.05, 0.1) is 26.2 Å². The van der Waals surface area contributed by atoms with E-state index >= 15 is 0 Å². The lowest BCUT2D eigenvalue weighted by Gasteiger charge is -2.40. The first-order chi connectivity index (χ1) is 16.2. The van der Waals surface area contributed by atoms with Gasteiger partial charge in [-0.15, -0.1) is 12.4 Å². The van der Waals surface area contributed by atoms with Gasteiger partial charge in [0.25, 0.3) is 0 Å². The topological polar surface area (TPSA) is 0 Å². The molecule has 0 saturated heterocycles. The van der Waals surface area contributed by atoms with Gasteiger partial charge in [-0.3, -0.25) is 0 Å². The maximum atomic E-state index is 2.34. The first-order valence-electron chi connectivity index (χ1n) is 16.1. The Bertz CT molecular complexity index is 294. The molecule has 216 valence electrons. The molecule has 0 aliphatic heterocycles. The summed E-state index contributed by atoms with van der Waals surface area (Å²) in [5.41, 5.74) is 0. The van der Waals surface area contributed by atoms with Crippen molar-refractivity contribution < 1.29 is 21.5 Å². The SMILES string of the molecule is CCCCCCCC[N+](CCCCCCCC)(CCCCCCCC)CCCCCCCC.Cl.[Br-]. The molecule has 0 rings (SSSR count). The summed E-state index contributed by atoms with van der Waals surface area (Å²) in [6.45, 7) is 15.3. The molecular formula is C32H69BrClN. The third-order valence-corrected chi connectivity index (χ3v) is 7.94. The minimum atomic E-state index is 0. The minimum absolute atomic E-state index is 0. The van der Waals surface area contributed by atoms with Crippen LogP contribution in [0.3, 0.4) is 0 Å². The summed E-state index contributed by atoms with van der Waals surface area (Å²) in [4.78, 5) is 0. The highest BCUT2D eigenvalue weighted by Gasteiger charge is 2.25. The van der Waals surface area contributed by atoms with Gasteiger partial charge in [-0.1, -0.05) is 130 Å². The van der Waals surface area contributed by atoms with Crippen LogP contribution in [0, 0.1) is 0 Å². The van der Waals surface area contributed by atoms with E-state index in [1.54, 1.807) is 0 Å². The Morgan fingerprint density at radius 3 is 0.657 bits per heavy atom. The summed E-state index contributed by atoms with van der Waals surface area (Å²) >= 11 is 0. The standard InChI is InChI=1S/C32H68N.BrH.ClH/c1-5-9-13-17-21-25-29-33(30-26-22-18-14-10-6-2,31-27-23-19-15-11-7-3)32-28-24-20-16-12-8-4;;/h5-32H2,1-4H3;2*1H/q+1;;/p-1. The van der Waals surface area contributed by atoms with E-state index in [0.717, 1.165) is 0 Å². The minimum Gasteiger partial charge on any atom is -1.00 e. The lowest BCUT2D eigenvalue weighted by atomic mass is 10.0. The number of rotatable bonds is 28. The molecule has 0 N–H and O–H groups in total. The van der Waals surface area contributed by atoms with Gasteiger partial charge in [-0.2, -0.15) is 0 Å². The second-order valence-electron chi connectivity index (χ2n) is 11.3. The van der Waals surface area contributed by atoms with Gasteiger partial charge >= 0.3 is 0 Å². The number of nitrogens with zero attached hydrogens (tertiary/aromatic N) is 1. The Kier molecular flexibility index (Phi) is 37.7. The fourth-order valence-corrected chi connectivity index (χ4v) is 5.58. The Labute approximate surface area is 241 Å². The average molecular weight is 583 g/mol. The third kappa shape index (κ3) is 27.6. The molecule has 0 heterocycles. The first-order valence-corrected chi connectivity index (χ1v) is 16.1. The number of unbranched alkanes of at least 4 members (excludes halogenated alkanes) is 20. The summed E-state index contributed by atoms with van der Waals surface area (Å²) in [6, 6.07) is 0. The van der Waals surface area contributed by atoms with E-state index in [4.69, 9.17) is 0 Å². The number of hydrogen-bond donors (Lipinski definition) is 0. The smallest absolute Gasteiger partial charge is 0.0786 e. The van der Waals surface area contributed by atoms with Crippen molar-refractivity contribution in [2.24, 2.45) is 0 Å². The van der Waals surface area contributed by atoms with Gasteiger partial charge in [-0.25, -0.2) is 0 Å². The fourth-order valence-electron chi connectivity index (χ4n) is 5.58. The molecule has 0 radical (unpaired) electrons. The lowest BCUT2D eigenvalue weighted by molar-refractivity contribution is -0.929. The normalized spacial score (nSPS) is 11.3. The van der Waals surface area contributed by atoms with Gasteiger partial charge in [-0.05, 0) is 51.4 Å². The summed E-state index contributed by atoms with van der Waals surface area (Å²) < 4.78 is 1.48. The van der Waals surface area contributed by atoms with Gasteiger partial charge in [0, 0.05) is 0 Å². The zero-order valence-corrected chi connectivity index (χ0v) is 27.4. The Hall–Kier alpha value is 0.730. The highest BCUT2D eigenvalue weighted by atomic mass is 79.9. The Morgan fingerprint density at radius 2 is 0.457 bits per heavy atom. The maximum Gasteiger partial charge on any atom is 0.0786 e. The third-order valence-electron chi connectivity index (χ3n) is 7.94. The Morgan fingerprint density at radius 1 is 0.286 bits per heavy atom. The maximum absolute atomic E-state index is 2.34. The van der Waals surface area contributed by atoms with Gasteiger partial charge in [0.2, 0.25) is 0 Å². The van der Waals surface area contributed by atoms with Crippen LogP contribution in [-0.2, 0) is 0 Å².